The normalized spacial score (nSPS) is 10.5. The number of rotatable bonds is 7. The van der Waals surface area contributed by atoms with Crippen LogP contribution in [0, 0.1) is 11.3 Å². The van der Waals surface area contributed by atoms with E-state index in [0.717, 1.165) is 0 Å². The third-order valence-electron chi connectivity index (χ3n) is 4.74. The van der Waals surface area contributed by atoms with E-state index in [-0.39, 0.29) is 5.56 Å². The zero-order valence-corrected chi connectivity index (χ0v) is 19.7. The monoisotopic (exact) mass is 511 g/mol. The number of nitrogens with zero attached hydrogens (tertiary/aromatic N) is 4. The standard InChI is InChI=1S/C23H16Cl3N7O/c24-14-2-3-16(19(26)8-14)21-18(17-7-15(25)11-31-22(17)34)12-32-23(33-21)29-6-5-28-20-4-1-13(9-27)10-30-20/h1-4,7-8,10-12H,5-6H2,(H,28,30)(H,31,34)(H,29,32,33). The lowest BCUT2D eigenvalue weighted by molar-refractivity contribution is 1.02. The molecule has 0 atom stereocenters. The highest BCUT2D eigenvalue weighted by Gasteiger charge is 2.17. The second-order valence-corrected chi connectivity index (χ2v) is 8.32. The highest BCUT2D eigenvalue weighted by Crippen LogP contribution is 2.35. The summed E-state index contributed by atoms with van der Waals surface area (Å²) in [5.74, 6) is 0.990. The lowest BCUT2D eigenvalue weighted by atomic mass is 10.0. The lowest BCUT2D eigenvalue weighted by Gasteiger charge is -2.13. The Labute approximate surface area is 209 Å². The Morgan fingerprint density at radius 2 is 1.74 bits per heavy atom. The average molecular weight is 513 g/mol. The summed E-state index contributed by atoms with van der Waals surface area (Å²) in [6.07, 6.45) is 4.46. The van der Waals surface area contributed by atoms with Crippen molar-refractivity contribution in [1.82, 2.24) is 19.9 Å². The van der Waals surface area contributed by atoms with Crippen LogP contribution >= 0.6 is 34.8 Å². The van der Waals surface area contributed by atoms with Gasteiger partial charge in [-0.2, -0.15) is 5.26 Å². The maximum absolute atomic E-state index is 12.5. The number of hydrogen-bond acceptors (Lipinski definition) is 7. The molecular weight excluding hydrogens is 497 g/mol. The first-order chi connectivity index (χ1) is 16.4. The van der Waals surface area contributed by atoms with Crippen molar-refractivity contribution in [2.24, 2.45) is 0 Å². The minimum atomic E-state index is -0.334. The molecule has 0 fully saturated rings. The van der Waals surface area contributed by atoms with E-state index in [9.17, 15) is 4.79 Å². The number of aromatic nitrogens is 4. The summed E-state index contributed by atoms with van der Waals surface area (Å²) in [4.78, 5) is 28.2. The van der Waals surface area contributed by atoms with E-state index >= 15 is 0 Å². The minimum absolute atomic E-state index is 0.314. The predicted molar refractivity (Wildman–Crippen MR) is 134 cm³/mol. The molecule has 8 nitrogen and oxygen atoms in total. The van der Waals surface area contributed by atoms with Crippen molar-refractivity contribution in [3.63, 3.8) is 0 Å². The molecule has 0 bridgehead atoms. The number of H-pyrrole nitrogens is 1. The molecule has 0 spiro atoms. The van der Waals surface area contributed by atoms with Gasteiger partial charge in [0.25, 0.3) is 5.56 Å². The first-order valence-corrected chi connectivity index (χ1v) is 11.1. The first-order valence-electron chi connectivity index (χ1n) is 9.99. The van der Waals surface area contributed by atoms with Crippen LogP contribution in [0.2, 0.25) is 15.1 Å². The first kappa shape index (κ1) is 23.5. The van der Waals surface area contributed by atoms with Crippen molar-refractivity contribution in [3.8, 4) is 28.5 Å². The van der Waals surface area contributed by atoms with Crippen molar-refractivity contribution < 1.29 is 0 Å². The van der Waals surface area contributed by atoms with Crippen LogP contribution in [-0.2, 0) is 0 Å². The number of anilines is 2. The molecular formula is C23H16Cl3N7O. The fourth-order valence-electron chi connectivity index (χ4n) is 3.14. The molecule has 3 aromatic heterocycles. The Morgan fingerprint density at radius 1 is 0.912 bits per heavy atom. The van der Waals surface area contributed by atoms with E-state index in [4.69, 9.17) is 40.1 Å². The quantitative estimate of drug-likeness (QED) is 0.289. The van der Waals surface area contributed by atoms with Gasteiger partial charge in [0, 0.05) is 47.8 Å². The predicted octanol–water partition coefficient (Wildman–Crippen LogP) is 5.25. The number of hydrogen-bond donors (Lipinski definition) is 3. The molecule has 0 saturated heterocycles. The van der Waals surface area contributed by atoms with E-state index in [1.165, 1.54) is 12.4 Å². The van der Waals surface area contributed by atoms with Crippen LogP contribution in [0.3, 0.4) is 0 Å². The molecule has 4 rings (SSSR count). The number of nitrogens with one attached hydrogen (secondary N) is 3. The van der Waals surface area contributed by atoms with Gasteiger partial charge in [-0.25, -0.2) is 15.0 Å². The Morgan fingerprint density at radius 3 is 2.47 bits per heavy atom. The highest BCUT2D eigenvalue weighted by atomic mass is 35.5. The summed E-state index contributed by atoms with van der Waals surface area (Å²) >= 11 is 18.6. The number of pyridine rings is 2. The maximum Gasteiger partial charge on any atom is 0.256 e. The zero-order valence-electron chi connectivity index (χ0n) is 17.4. The maximum atomic E-state index is 12.5. The van der Waals surface area contributed by atoms with Crippen LogP contribution in [0.5, 0.6) is 0 Å². The van der Waals surface area contributed by atoms with Crippen molar-refractivity contribution in [3.05, 3.63) is 86.0 Å². The van der Waals surface area contributed by atoms with Crippen molar-refractivity contribution in [2.75, 3.05) is 23.7 Å². The van der Waals surface area contributed by atoms with E-state index in [1.807, 2.05) is 6.07 Å². The van der Waals surface area contributed by atoms with E-state index in [0.29, 0.717) is 67.9 Å². The molecule has 4 aromatic rings. The number of benzene rings is 1. The fourth-order valence-corrected chi connectivity index (χ4v) is 3.80. The molecule has 0 unspecified atom stereocenters. The summed E-state index contributed by atoms with van der Waals surface area (Å²) in [6.45, 7) is 1.00. The molecule has 0 aliphatic heterocycles. The molecule has 11 heteroatoms. The second-order valence-electron chi connectivity index (χ2n) is 7.04. The average Bonchev–Trinajstić information content (AvgIpc) is 2.84. The lowest BCUT2D eigenvalue weighted by Crippen LogP contribution is -2.16. The molecule has 1 aromatic carbocycles. The van der Waals surface area contributed by atoms with Gasteiger partial charge >= 0.3 is 0 Å². The largest absolute Gasteiger partial charge is 0.368 e. The highest BCUT2D eigenvalue weighted by molar-refractivity contribution is 6.36. The molecule has 0 aliphatic rings. The Kier molecular flexibility index (Phi) is 7.28. The molecule has 0 aliphatic carbocycles. The van der Waals surface area contributed by atoms with Gasteiger partial charge in [0.2, 0.25) is 5.95 Å². The molecule has 34 heavy (non-hydrogen) atoms. The van der Waals surface area contributed by atoms with Gasteiger partial charge < -0.3 is 15.6 Å². The molecule has 170 valence electrons. The van der Waals surface area contributed by atoms with Crippen LogP contribution < -0.4 is 16.2 Å². The van der Waals surface area contributed by atoms with Crippen LogP contribution in [-0.4, -0.2) is 33.0 Å². The van der Waals surface area contributed by atoms with Crippen molar-refractivity contribution >= 4 is 46.6 Å². The summed E-state index contributed by atoms with van der Waals surface area (Å²) in [7, 11) is 0. The minimum Gasteiger partial charge on any atom is -0.368 e. The Hall–Kier alpha value is -3.64. The van der Waals surface area contributed by atoms with Gasteiger partial charge in [0.05, 0.1) is 26.9 Å². The van der Waals surface area contributed by atoms with Crippen LogP contribution in [0.25, 0.3) is 22.4 Å². The van der Waals surface area contributed by atoms with Gasteiger partial charge in [0.1, 0.15) is 11.9 Å². The van der Waals surface area contributed by atoms with Gasteiger partial charge in [-0.05, 0) is 36.4 Å². The zero-order chi connectivity index (χ0) is 24.1. The van der Waals surface area contributed by atoms with Crippen LogP contribution in [0.4, 0.5) is 11.8 Å². The van der Waals surface area contributed by atoms with Gasteiger partial charge in [-0.3, -0.25) is 4.79 Å². The van der Waals surface area contributed by atoms with Gasteiger partial charge in [-0.15, -0.1) is 0 Å². The van der Waals surface area contributed by atoms with Crippen LogP contribution in [0.15, 0.2) is 59.8 Å². The van der Waals surface area contributed by atoms with E-state index in [2.05, 4.69) is 30.6 Å². The molecule has 3 heterocycles. The van der Waals surface area contributed by atoms with Gasteiger partial charge in [-0.1, -0.05) is 34.8 Å². The molecule has 0 amide bonds. The Bertz CT molecular complexity index is 1430. The second kappa shape index (κ2) is 10.5. The van der Waals surface area contributed by atoms with Crippen molar-refractivity contribution in [1.29, 1.82) is 5.26 Å². The van der Waals surface area contributed by atoms with Crippen molar-refractivity contribution in [2.45, 2.75) is 0 Å². The SMILES string of the molecule is N#Cc1ccc(NCCNc2ncc(-c3cc(Cl)c[nH]c3=O)c(-c3ccc(Cl)cc3Cl)n2)nc1. The number of aromatic amines is 1. The van der Waals surface area contributed by atoms with Gasteiger partial charge in [0.15, 0.2) is 0 Å². The summed E-state index contributed by atoms with van der Waals surface area (Å²) < 4.78 is 0. The molecule has 0 radical (unpaired) electrons. The summed E-state index contributed by atoms with van der Waals surface area (Å²) in [6, 6.07) is 12.0. The third kappa shape index (κ3) is 5.46. The summed E-state index contributed by atoms with van der Waals surface area (Å²) in [5.41, 5.74) is 1.98. The van der Waals surface area contributed by atoms with E-state index < -0.39 is 0 Å². The number of halogens is 3. The van der Waals surface area contributed by atoms with Crippen LogP contribution in [0.1, 0.15) is 5.56 Å². The molecule has 3 N–H and O–H groups in total. The smallest absolute Gasteiger partial charge is 0.256 e. The Balaban J connectivity index is 1.60. The number of nitriles is 1. The summed E-state index contributed by atoms with van der Waals surface area (Å²) in [5, 5.41) is 16.4. The third-order valence-corrected chi connectivity index (χ3v) is 5.51. The topological polar surface area (TPSA) is 119 Å². The molecule has 0 saturated carbocycles. The fraction of sp³-hybridized carbons (Fsp3) is 0.0870. The van der Waals surface area contributed by atoms with E-state index in [1.54, 1.807) is 42.6 Å².